The second kappa shape index (κ2) is 8.41. The molecule has 0 fully saturated rings. The Balaban J connectivity index is 2.33. The van der Waals surface area contributed by atoms with Crippen molar-refractivity contribution in [3.8, 4) is 0 Å². The molecule has 19 heavy (non-hydrogen) atoms. The molecule has 0 heterocycles. The van der Waals surface area contributed by atoms with Gasteiger partial charge in [-0.2, -0.15) is 0 Å². The summed E-state index contributed by atoms with van der Waals surface area (Å²) in [7, 11) is 3.71. The highest BCUT2D eigenvalue weighted by Gasteiger charge is 2.08. The van der Waals surface area contributed by atoms with Gasteiger partial charge in [-0.3, -0.25) is 4.79 Å². The van der Waals surface area contributed by atoms with Crippen molar-refractivity contribution in [3.63, 3.8) is 0 Å². The van der Waals surface area contributed by atoms with Crippen LogP contribution in [-0.2, 0) is 11.2 Å². The number of nitrogens with one attached hydrogen (secondary N) is 1. The number of carbonyl (C=O) groups excluding carboxylic acids is 1. The standard InChI is InChI=1S/C14H20Cl2N2O/c1-17-8-9-18(2)14(19)5-3-4-11-6-7-12(15)13(16)10-11/h6-7,10,17H,3-5,8-9H2,1-2H3. The van der Waals surface area contributed by atoms with E-state index in [2.05, 4.69) is 5.32 Å². The highest BCUT2D eigenvalue weighted by molar-refractivity contribution is 6.42. The Morgan fingerprint density at radius 3 is 2.68 bits per heavy atom. The number of carbonyl (C=O) groups is 1. The van der Waals surface area contributed by atoms with Crippen molar-refractivity contribution in [2.75, 3.05) is 27.2 Å². The molecule has 0 aliphatic heterocycles. The molecule has 5 heteroatoms. The molecular weight excluding hydrogens is 283 g/mol. The van der Waals surface area contributed by atoms with Crippen molar-refractivity contribution in [1.82, 2.24) is 10.2 Å². The molecule has 106 valence electrons. The number of halogens is 2. The fourth-order valence-electron chi connectivity index (χ4n) is 1.73. The highest BCUT2D eigenvalue weighted by Crippen LogP contribution is 2.23. The quantitative estimate of drug-likeness (QED) is 0.840. The van der Waals surface area contributed by atoms with E-state index in [9.17, 15) is 4.79 Å². The lowest BCUT2D eigenvalue weighted by Crippen LogP contribution is -2.32. The summed E-state index contributed by atoms with van der Waals surface area (Å²) < 4.78 is 0. The lowest BCUT2D eigenvalue weighted by atomic mass is 10.1. The minimum Gasteiger partial charge on any atom is -0.344 e. The number of nitrogens with zero attached hydrogens (tertiary/aromatic N) is 1. The molecule has 1 rings (SSSR count). The summed E-state index contributed by atoms with van der Waals surface area (Å²) in [5.74, 6) is 0.176. The lowest BCUT2D eigenvalue weighted by molar-refractivity contribution is -0.129. The summed E-state index contributed by atoms with van der Waals surface area (Å²) in [4.78, 5) is 13.6. The van der Waals surface area contributed by atoms with Gasteiger partial charge >= 0.3 is 0 Å². The van der Waals surface area contributed by atoms with Crippen LogP contribution in [0.5, 0.6) is 0 Å². The first-order valence-electron chi connectivity index (χ1n) is 6.37. The summed E-state index contributed by atoms with van der Waals surface area (Å²) in [5, 5.41) is 4.16. The Morgan fingerprint density at radius 1 is 1.32 bits per heavy atom. The van der Waals surface area contributed by atoms with Crippen LogP contribution in [-0.4, -0.2) is 38.0 Å². The number of benzene rings is 1. The van der Waals surface area contributed by atoms with Gasteiger partial charge < -0.3 is 10.2 Å². The van der Waals surface area contributed by atoms with E-state index in [4.69, 9.17) is 23.2 Å². The lowest BCUT2D eigenvalue weighted by Gasteiger charge is -2.16. The van der Waals surface area contributed by atoms with Gasteiger partial charge in [0.1, 0.15) is 0 Å². The van der Waals surface area contributed by atoms with Crippen molar-refractivity contribution < 1.29 is 4.79 Å². The molecule has 0 saturated heterocycles. The summed E-state index contributed by atoms with van der Waals surface area (Å²) in [6, 6.07) is 5.60. The highest BCUT2D eigenvalue weighted by atomic mass is 35.5. The maximum absolute atomic E-state index is 11.8. The minimum atomic E-state index is 0.176. The molecule has 1 amide bonds. The van der Waals surface area contributed by atoms with E-state index in [1.54, 1.807) is 11.0 Å². The van der Waals surface area contributed by atoms with Crippen LogP contribution in [0.3, 0.4) is 0 Å². The summed E-state index contributed by atoms with van der Waals surface area (Å²) >= 11 is 11.8. The van der Waals surface area contributed by atoms with Crippen LogP contribution in [0.2, 0.25) is 10.0 Å². The maximum Gasteiger partial charge on any atom is 0.222 e. The Hall–Kier alpha value is -0.770. The van der Waals surface area contributed by atoms with Crippen LogP contribution < -0.4 is 5.32 Å². The van der Waals surface area contributed by atoms with Gasteiger partial charge in [0.15, 0.2) is 0 Å². The van der Waals surface area contributed by atoms with Gasteiger partial charge in [0.2, 0.25) is 5.91 Å². The van der Waals surface area contributed by atoms with Crippen LogP contribution in [0.4, 0.5) is 0 Å². The van der Waals surface area contributed by atoms with Crippen molar-refractivity contribution in [2.45, 2.75) is 19.3 Å². The third-order valence-corrected chi connectivity index (χ3v) is 3.70. The zero-order valence-corrected chi connectivity index (χ0v) is 12.9. The molecule has 0 saturated carbocycles. The molecular formula is C14H20Cl2N2O. The zero-order valence-electron chi connectivity index (χ0n) is 11.4. The monoisotopic (exact) mass is 302 g/mol. The maximum atomic E-state index is 11.8. The molecule has 0 bridgehead atoms. The van der Waals surface area contributed by atoms with Crippen LogP contribution in [0.25, 0.3) is 0 Å². The fraction of sp³-hybridized carbons (Fsp3) is 0.500. The van der Waals surface area contributed by atoms with Crippen LogP contribution in [0.1, 0.15) is 18.4 Å². The summed E-state index contributed by atoms with van der Waals surface area (Å²) in [5.41, 5.74) is 1.11. The smallest absolute Gasteiger partial charge is 0.222 e. The molecule has 0 unspecified atom stereocenters. The molecule has 1 aromatic carbocycles. The van der Waals surface area contributed by atoms with E-state index >= 15 is 0 Å². The van der Waals surface area contributed by atoms with Gasteiger partial charge in [0.25, 0.3) is 0 Å². The van der Waals surface area contributed by atoms with Gasteiger partial charge in [-0.25, -0.2) is 0 Å². The predicted octanol–water partition coefficient (Wildman–Crippen LogP) is 2.99. The number of amides is 1. The van der Waals surface area contributed by atoms with E-state index in [1.807, 2.05) is 26.2 Å². The van der Waals surface area contributed by atoms with Crippen LogP contribution in [0.15, 0.2) is 18.2 Å². The number of hydrogen-bond acceptors (Lipinski definition) is 2. The van der Waals surface area contributed by atoms with E-state index in [0.29, 0.717) is 16.5 Å². The van der Waals surface area contributed by atoms with Gasteiger partial charge in [-0.05, 0) is 37.6 Å². The summed E-state index contributed by atoms with van der Waals surface area (Å²) in [6.07, 6.45) is 2.21. The van der Waals surface area contributed by atoms with Gasteiger partial charge in [0.05, 0.1) is 10.0 Å². The van der Waals surface area contributed by atoms with E-state index < -0.39 is 0 Å². The van der Waals surface area contributed by atoms with E-state index in [0.717, 1.165) is 31.5 Å². The Bertz CT molecular complexity index is 424. The first-order chi connectivity index (χ1) is 9.04. The SMILES string of the molecule is CNCCN(C)C(=O)CCCc1ccc(Cl)c(Cl)c1. The number of aryl methyl sites for hydroxylation is 1. The molecule has 0 aliphatic rings. The average Bonchev–Trinajstić information content (AvgIpc) is 2.39. The Labute approximate surface area is 124 Å². The molecule has 0 atom stereocenters. The Morgan fingerprint density at radius 2 is 2.05 bits per heavy atom. The molecule has 0 aliphatic carbocycles. The van der Waals surface area contributed by atoms with Crippen molar-refractivity contribution >= 4 is 29.1 Å². The number of rotatable bonds is 7. The molecule has 1 N–H and O–H groups in total. The normalized spacial score (nSPS) is 10.5. The van der Waals surface area contributed by atoms with E-state index in [-0.39, 0.29) is 5.91 Å². The van der Waals surface area contributed by atoms with Crippen LogP contribution >= 0.6 is 23.2 Å². The largest absolute Gasteiger partial charge is 0.344 e. The molecule has 1 aromatic rings. The average molecular weight is 303 g/mol. The van der Waals surface area contributed by atoms with E-state index in [1.165, 1.54) is 0 Å². The third kappa shape index (κ3) is 5.81. The predicted molar refractivity (Wildman–Crippen MR) is 81.0 cm³/mol. The first-order valence-corrected chi connectivity index (χ1v) is 7.12. The fourth-order valence-corrected chi connectivity index (χ4v) is 2.05. The third-order valence-electron chi connectivity index (χ3n) is 2.96. The molecule has 3 nitrogen and oxygen atoms in total. The molecule has 0 radical (unpaired) electrons. The van der Waals surface area contributed by atoms with Gasteiger partial charge in [-0.1, -0.05) is 29.3 Å². The summed E-state index contributed by atoms with van der Waals surface area (Å²) in [6.45, 7) is 1.55. The number of likely N-dealkylation sites (N-methyl/N-ethyl adjacent to an activating group) is 2. The van der Waals surface area contributed by atoms with Gasteiger partial charge in [0, 0.05) is 26.6 Å². The zero-order chi connectivity index (χ0) is 14.3. The van der Waals surface area contributed by atoms with Crippen molar-refractivity contribution in [1.29, 1.82) is 0 Å². The van der Waals surface area contributed by atoms with Crippen LogP contribution in [0, 0.1) is 0 Å². The van der Waals surface area contributed by atoms with Crippen molar-refractivity contribution in [3.05, 3.63) is 33.8 Å². The molecule has 0 aromatic heterocycles. The van der Waals surface area contributed by atoms with Gasteiger partial charge in [-0.15, -0.1) is 0 Å². The second-order valence-corrected chi connectivity index (χ2v) is 5.34. The first kappa shape index (κ1) is 16.3. The molecule has 0 spiro atoms. The minimum absolute atomic E-state index is 0.176. The topological polar surface area (TPSA) is 32.3 Å². The Kier molecular flexibility index (Phi) is 7.21. The number of hydrogen-bond donors (Lipinski definition) is 1. The second-order valence-electron chi connectivity index (χ2n) is 4.52. The van der Waals surface area contributed by atoms with Crippen molar-refractivity contribution in [2.24, 2.45) is 0 Å².